The van der Waals surface area contributed by atoms with E-state index in [9.17, 15) is 22.8 Å². The molecule has 3 atom stereocenters. The average Bonchev–Trinajstić information content (AvgIpc) is 3.23. The zero-order chi connectivity index (χ0) is 20.3. The van der Waals surface area contributed by atoms with Gasteiger partial charge in [0, 0.05) is 25.2 Å². The number of likely N-dealkylation sites (tertiary alicyclic amines) is 1. The number of halogens is 3. The summed E-state index contributed by atoms with van der Waals surface area (Å²) in [6, 6.07) is 1.98. The number of alkyl halides is 3. The number of carbonyl (C=O) groups is 1. The van der Waals surface area contributed by atoms with Crippen LogP contribution >= 0.6 is 0 Å². The highest BCUT2D eigenvalue weighted by atomic mass is 19.4. The SMILES string of the molecule is O=C(C1CCCc2nn(Cc3ccc(C(F)(F)F)nc3)c(=O)n21)N1CCC2CC21. The summed E-state index contributed by atoms with van der Waals surface area (Å²) in [5, 5.41) is 4.35. The number of hydrogen-bond donors (Lipinski definition) is 0. The molecule has 154 valence electrons. The van der Waals surface area contributed by atoms with Crippen LogP contribution in [0.15, 0.2) is 23.1 Å². The number of pyridine rings is 1. The van der Waals surface area contributed by atoms with E-state index in [1.54, 1.807) is 0 Å². The van der Waals surface area contributed by atoms with Crippen molar-refractivity contribution in [3.63, 3.8) is 0 Å². The van der Waals surface area contributed by atoms with Gasteiger partial charge in [0.1, 0.15) is 17.6 Å². The van der Waals surface area contributed by atoms with Crippen molar-refractivity contribution in [1.29, 1.82) is 0 Å². The minimum absolute atomic E-state index is 0.00574. The molecule has 0 bridgehead atoms. The zero-order valence-electron chi connectivity index (χ0n) is 15.6. The Hall–Kier alpha value is -2.65. The van der Waals surface area contributed by atoms with E-state index in [1.807, 2.05) is 4.90 Å². The number of piperidine rings is 1. The molecular formula is C19H20F3N5O2. The van der Waals surface area contributed by atoms with Crippen LogP contribution in [0, 0.1) is 5.92 Å². The van der Waals surface area contributed by atoms with E-state index in [0.29, 0.717) is 36.2 Å². The molecule has 2 aromatic rings. The fourth-order valence-corrected chi connectivity index (χ4v) is 4.59. The average molecular weight is 407 g/mol. The molecule has 5 rings (SSSR count). The smallest absolute Gasteiger partial charge is 0.338 e. The standard InChI is InChI=1S/C19H20F3N5O2/c20-19(21,22)15-5-4-11(9-23-15)10-26-18(29)27-13(2-1-3-16(27)24-26)17(28)25-7-6-12-8-14(12)25/h4-5,9,12-14H,1-3,6-8,10H2. The predicted molar refractivity (Wildman–Crippen MR) is 95.0 cm³/mol. The minimum Gasteiger partial charge on any atom is -0.338 e. The third kappa shape index (κ3) is 3.14. The van der Waals surface area contributed by atoms with Gasteiger partial charge >= 0.3 is 11.9 Å². The Kier molecular flexibility index (Phi) is 4.08. The molecule has 3 aliphatic rings. The lowest BCUT2D eigenvalue weighted by Crippen LogP contribution is -2.42. The van der Waals surface area contributed by atoms with E-state index < -0.39 is 23.6 Å². The second kappa shape index (κ2) is 6.43. The topological polar surface area (TPSA) is 73.0 Å². The first kappa shape index (κ1) is 18.4. The van der Waals surface area contributed by atoms with Gasteiger partial charge in [0.2, 0.25) is 5.91 Å². The fourth-order valence-electron chi connectivity index (χ4n) is 4.59. The summed E-state index contributed by atoms with van der Waals surface area (Å²) >= 11 is 0. The van der Waals surface area contributed by atoms with Crippen molar-refractivity contribution in [1.82, 2.24) is 24.2 Å². The van der Waals surface area contributed by atoms with Crippen molar-refractivity contribution in [2.24, 2.45) is 5.92 Å². The van der Waals surface area contributed by atoms with Gasteiger partial charge in [0.25, 0.3) is 0 Å². The Morgan fingerprint density at radius 1 is 1.24 bits per heavy atom. The Balaban J connectivity index is 1.40. The molecule has 2 aliphatic heterocycles. The number of hydrogen-bond acceptors (Lipinski definition) is 4. The molecule has 1 amide bonds. The first-order valence-corrected chi connectivity index (χ1v) is 9.84. The second-order valence-electron chi connectivity index (χ2n) is 8.07. The summed E-state index contributed by atoms with van der Waals surface area (Å²) in [5.41, 5.74) is -0.935. The zero-order valence-corrected chi connectivity index (χ0v) is 15.6. The summed E-state index contributed by atoms with van der Waals surface area (Å²) < 4.78 is 40.7. The number of carbonyl (C=O) groups excluding carboxylic acids is 1. The molecule has 0 spiro atoms. The normalized spacial score (nSPS) is 25.6. The van der Waals surface area contributed by atoms with Crippen molar-refractivity contribution < 1.29 is 18.0 Å². The van der Waals surface area contributed by atoms with Crippen molar-refractivity contribution in [3.05, 3.63) is 45.9 Å². The lowest BCUT2D eigenvalue weighted by Gasteiger charge is -2.28. The lowest BCUT2D eigenvalue weighted by atomic mass is 10.0. The number of aromatic nitrogens is 4. The van der Waals surface area contributed by atoms with Crippen LogP contribution in [0.5, 0.6) is 0 Å². The molecule has 2 aromatic heterocycles. The predicted octanol–water partition coefficient (Wildman–Crippen LogP) is 2.01. The molecule has 4 heterocycles. The lowest BCUT2D eigenvalue weighted by molar-refractivity contribution is -0.141. The summed E-state index contributed by atoms with van der Waals surface area (Å²) in [7, 11) is 0. The molecule has 0 aromatic carbocycles. The van der Waals surface area contributed by atoms with Gasteiger partial charge in [-0.05, 0) is 43.2 Å². The van der Waals surface area contributed by atoms with Gasteiger partial charge in [0.05, 0.1) is 6.54 Å². The van der Waals surface area contributed by atoms with Crippen LogP contribution < -0.4 is 5.69 Å². The van der Waals surface area contributed by atoms with Gasteiger partial charge < -0.3 is 4.90 Å². The van der Waals surface area contributed by atoms with Crippen LogP contribution in [-0.4, -0.2) is 42.7 Å². The molecule has 1 saturated carbocycles. The molecule has 7 nitrogen and oxygen atoms in total. The highest BCUT2D eigenvalue weighted by molar-refractivity contribution is 5.81. The largest absolute Gasteiger partial charge is 0.433 e. The number of amides is 1. The van der Waals surface area contributed by atoms with Crippen LogP contribution in [0.25, 0.3) is 0 Å². The molecule has 10 heteroatoms. The molecule has 3 unspecified atom stereocenters. The van der Waals surface area contributed by atoms with Gasteiger partial charge in [-0.25, -0.2) is 9.48 Å². The fraction of sp³-hybridized carbons (Fsp3) is 0.579. The summed E-state index contributed by atoms with van der Waals surface area (Å²) in [4.78, 5) is 31.4. The molecule has 0 N–H and O–H groups in total. The third-order valence-corrected chi connectivity index (χ3v) is 6.17. The summed E-state index contributed by atoms with van der Waals surface area (Å²) in [6.45, 7) is 0.763. The molecule has 0 radical (unpaired) electrons. The van der Waals surface area contributed by atoms with Gasteiger partial charge in [-0.15, -0.1) is 0 Å². The van der Waals surface area contributed by atoms with Crippen LogP contribution in [0.3, 0.4) is 0 Å². The van der Waals surface area contributed by atoms with Crippen molar-refractivity contribution >= 4 is 5.91 Å². The van der Waals surface area contributed by atoms with Crippen molar-refractivity contribution in [2.75, 3.05) is 6.54 Å². The molecule has 29 heavy (non-hydrogen) atoms. The molecule has 2 fully saturated rings. The van der Waals surface area contributed by atoms with E-state index in [2.05, 4.69) is 10.1 Å². The highest BCUT2D eigenvalue weighted by Gasteiger charge is 2.50. The second-order valence-corrected chi connectivity index (χ2v) is 8.07. The van der Waals surface area contributed by atoms with E-state index in [-0.39, 0.29) is 12.5 Å². The number of fused-ring (bicyclic) bond motifs is 2. The molecule has 1 aliphatic carbocycles. The van der Waals surface area contributed by atoms with Crippen molar-refractivity contribution in [3.8, 4) is 0 Å². The van der Waals surface area contributed by atoms with Gasteiger partial charge in [-0.3, -0.25) is 14.3 Å². The Bertz CT molecular complexity index is 1010. The van der Waals surface area contributed by atoms with Crippen LogP contribution in [0.4, 0.5) is 13.2 Å². The maximum absolute atomic E-state index is 13.1. The van der Waals surface area contributed by atoms with E-state index >= 15 is 0 Å². The number of rotatable bonds is 3. The Morgan fingerprint density at radius 3 is 2.69 bits per heavy atom. The first-order chi connectivity index (χ1) is 13.8. The van der Waals surface area contributed by atoms with Gasteiger partial charge in [0.15, 0.2) is 0 Å². The third-order valence-electron chi connectivity index (χ3n) is 6.17. The van der Waals surface area contributed by atoms with Gasteiger partial charge in [-0.1, -0.05) is 6.07 Å². The van der Waals surface area contributed by atoms with E-state index in [1.165, 1.54) is 15.3 Å². The van der Waals surface area contributed by atoms with E-state index in [0.717, 1.165) is 38.1 Å². The van der Waals surface area contributed by atoms with Gasteiger partial charge in [-0.2, -0.15) is 18.3 Å². The Labute approximate surface area is 164 Å². The molecule has 1 saturated heterocycles. The summed E-state index contributed by atoms with van der Waals surface area (Å²) in [5.74, 6) is 1.17. The first-order valence-electron chi connectivity index (χ1n) is 9.84. The molecular weight excluding hydrogens is 387 g/mol. The van der Waals surface area contributed by atoms with Crippen LogP contribution in [0.2, 0.25) is 0 Å². The number of nitrogens with zero attached hydrogens (tertiary/aromatic N) is 5. The quantitative estimate of drug-likeness (QED) is 0.780. The highest BCUT2D eigenvalue weighted by Crippen LogP contribution is 2.45. The van der Waals surface area contributed by atoms with Crippen LogP contribution in [-0.2, 0) is 23.9 Å². The monoisotopic (exact) mass is 407 g/mol. The Morgan fingerprint density at radius 2 is 2.07 bits per heavy atom. The minimum atomic E-state index is -4.51. The maximum atomic E-state index is 13.1. The van der Waals surface area contributed by atoms with Crippen LogP contribution in [0.1, 0.15) is 48.8 Å². The maximum Gasteiger partial charge on any atom is 0.433 e. The summed E-state index contributed by atoms with van der Waals surface area (Å²) in [6.07, 6.45) is 0.666. The van der Waals surface area contributed by atoms with E-state index in [4.69, 9.17) is 0 Å². The van der Waals surface area contributed by atoms with Crippen molar-refractivity contribution in [2.45, 2.75) is 56.9 Å². The number of aryl methyl sites for hydroxylation is 1.